The maximum atomic E-state index is 11.6. The predicted molar refractivity (Wildman–Crippen MR) is 102 cm³/mol. The Morgan fingerprint density at radius 1 is 1.44 bits per heavy atom. The van der Waals surface area contributed by atoms with E-state index in [1.54, 1.807) is 13.8 Å². The standard InChI is InChI=1S/C20H37NO6/c1-7-9-16(12(3)18(24)15(8-2)11-22)27-17-10-20(6,21-14(5)23)19(25)13(4)26-17/h11-13,15-19,24-25H,7-10H2,1-6H3,(H,21,23)/t12-,13+,15-,16-,17+,18-,19-,20+/m1/s1. The third kappa shape index (κ3) is 6.24. The molecule has 0 aliphatic carbocycles. The molecule has 1 rings (SSSR count). The summed E-state index contributed by atoms with van der Waals surface area (Å²) in [4.78, 5) is 22.8. The normalized spacial score (nSPS) is 33.0. The van der Waals surface area contributed by atoms with Gasteiger partial charge in [-0.1, -0.05) is 27.2 Å². The first-order chi connectivity index (χ1) is 12.6. The van der Waals surface area contributed by atoms with Crippen LogP contribution in [0.25, 0.3) is 0 Å². The lowest BCUT2D eigenvalue weighted by atomic mass is 9.84. The number of ether oxygens (including phenoxy) is 2. The molecule has 158 valence electrons. The van der Waals surface area contributed by atoms with E-state index in [0.717, 1.165) is 12.7 Å². The molecule has 1 heterocycles. The van der Waals surface area contributed by atoms with Gasteiger partial charge in [-0.3, -0.25) is 4.79 Å². The van der Waals surface area contributed by atoms with Gasteiger partial charge in [0.1, 0.15) is 12.4 Å². The van der Waals surface area contributed by atoms with Crippen LogP contribution in [0.1, 0.15) is 67.2 Å². The highest BCUT2D eigenvalue weighted by molar-refractivity contribution is 5.73. The monoisotopic (exact) mass is 387 g/mol. The molecule has 0 radical (unpaired) electrons. The van der Waals surface area contributed by atoms with Crippen LogP contribution in [0.4, 0.5) is 0 Å². The summed E-state index contributed by atoms with van der Waals surface area (Å²) in [6.45, 7) is 10.7. The minimum absolute atomic E-state index is 0.227. The zero-order valence-corrected chi connectivity index (χ0v) is 17.5. The lowest BCUT2D eigenvalue weighted by Crippen LogP contribution is -2.63. The molecule has 0 saturated carbocycles. The van der Waals surface area contributed by atoms with Crippen molar-refractivity contribution in [2.45, 2.75) is 103 Å². The van der Waals surface area contributed by atoms with Gasteiger partial charge >= 0.3 is 0 Å². The Bertz CT molecular complexity index is 487. The summed E-state index contributed by atoms with van der Waals surface area (Å²) in [5.74, 6) is -0.909. The topological polar surface area (TPSA) is 105 Å². The van der Waals surface area contributed by atoms with E-state index >= 15 is 0 Å². The van der Waals surface area contributed by atoms with Gasteiger partial charge in [-0.05, 0) is 26.7 Å². The minimum atomic E-state index is -0.860. The van der Waals surface area contributed by atoms with E-state index in [9.17, 15) is 19.8 Å². The maximum Gasteiger partial charge on any atom is 0.217 e. The molecule has 0 spiro atoms. The summed E-state index contributed by atoms with van der Waals surface area (Å²) in [7, 11) is 0. The number of carbonyl (C=O) groups is 2. The SMILES string of the molecule is CCC[C@@H](O[C@H]1C[C@](C)(NC(C)=O)[C@H](O)[C@H](C)O1)[C@@H](C)[C@@H](O)[C@@H](C=O)CC. The van der Waals surface area contributed by atoms with Gasteiger partial charge in [0, 0.05) is 25.2 Å². The minimum Gasteiger partial charge on any atom is -0.392 e. The van der Waals surface area contributed by atoms with Crippen LogP contribution >= 0.6 is 0 Å². The van der Waals surface area contributed by atoms with Crippen LogP contribution in [0.15, 0.2) is 0 Å². The first-order valence-corrected chi connectivity index (χ1v) is 10.0. The summed E-state index contributed by atoms with van der Waals surface area (Å²) >= 11 is 0. The highest BCUT2D eigenvalue weighted by atomic mass is 16.7. The number of rotatable bonds is 10. The molecule has 0 aromatic carbocycles. The zero-order chi connectivity index (χ0) is 20.8. The molecule has 8 atom stereocenters. The van der Waals surface area contributed by atoms with E-state index < -0.39 is 36.1 Å². The smallest absolute Gasteiger partial charge is 0.217 e. The van der Waals surface area contributed by atoms with E-state index in [-0.39, 0.29) is 17.9 Å². The molecule has 0 aromatic heterocycles. The number of amides is 1. The average Bonchev–Trinajstić information content (AvgIpc) is 2.58. The Kier molecular flexibility index (Phi) is 9.34. The van der Waals surface area contributed by atoms with Crippen molar-refractivity contribution in [3.63, 3.8) is 0 Å². The molecule has 1 saturated heterocycles. The number of carbonyl (C=O) groups excluding carboxylic acids is 2. The van der Waals surface area contributed by atoms with Gasteiger partial charge in [0.05, 0.1) is 23.9 Å². The summed E-state index contributed by atoms with van der Waals surface area (Å²) in [5.41, 5.74) is -0.860. The highest BCUT2D eigenvalue weighted by Crippen LogP contribution is 2.33. The van der Waals surface area contributed by atoms with E-state index in [1.165, 1.54) is 6.92 Å². The number of hydrogen-bond donors (Lipinski definition) is 3. The second kappa shape index (κ2) is 10.5. The van der Waals surface area contributed by atoms with Crippen LogP contribution in [0.3, 0.4) is 0 Å². The van der Waals surface area contributed by atoms with Crippen molar-refractivity contribution in [3.8, 4) is 0 Å². The van der Waals surface area contributed by atoms with E-state index in [2.05, 4.69) is 5.32 Å². The molecule has 1 aliphatic rings. The van der Waals surface area contributed by atoms with Crippen molar-refractivity contribution >= 4 is 12.2 Å². The fourth-order valence-corrected chi connectivity index (χ4v) is 3.92. The van der Waals surface area contributed by atoms with Crippen molar-refractivity contribution in [1.29, 1.82) is 0 Å². The van der Waals surface area contributed by atoms with Gasteiger partial charge in [0.15, 0.2) is 6.29 Å². The third-order valence-electron chi connectivity index (χ3n) is 5.63. The van der Waals surface area contributed by atoms with Crippen LogP contribution in [0.2, 0.25) is 0 Å². The molecule has 1 fully saturated rings. The molecule has 1 aliphatic heterocycles. The van der Waals surface area contributed by atoms with Gasteiger partial charge in [-0.15, -0.1) is 0 Å². The number of aldehydes is 1. The van der Waals surface area contributed by atoms with E-state index in [4.69, 9.17) is 9.47 Å². The van der Waals surface area contributed by atoms with Gasteiger partial charge in [0.25, 0.3) is 0 Å². The lowest BCUT2D eigenvalue weighted by molar-refractivity contribution is -0.264. The molecular formula is C20H37NO6. The van der Waals surface area contributed by atoms with Crippen LogP contribution < -0.4 is 5.32 Å². The van der Waals surface area contributed by atoms with E-state index in [1.807, 2.05) is 20.8 Å². The van der Waals surface area contributed by atoms with Gasteiger partial charge in [-0.2, -0.15) is 0 Å². The second-order valence-corrected chi connectivity index (χ2v) is 8.04. The Morgan fingerprint density at radius 2 is 2.07 bits per heavy atom. The van der Waals surface area contributed by atoms with Gasteiger partial charge in [0.2, 0.25) is 5.91 Å². The Hall–Kier alpha value is -1.02. The predicted octanol–water partition coefficient (Wildman–Crippen LogP) is 1.78. The number of hydrogen-bond acceptors (Lipinski definition) is 6. The molecule has 27 heavy (non-hydrogen) atoms. The number of aliphatic hydroxyl groups excluding tert-OH is 2. The highest BCUT2D eigenvalue weighted by Gasteiger charge is 2.46. The van der Waals surface area contributed by atoms with Crippen molar-refractivity contribution in [1.82, 2.24) is 5.32 Å². The van der Waals surface area contributed by atoms with Crippen molar-refractivity contribution in [2.24, 2.45) is 11.8 Å². The second-order valence-electron chi connectivity index (χ2n) is 8.04. The summed E-state index contributed by atoms with van der Waals surface area (Å²) in [6, 6.07) is 0. The van der Waals surface area contributed by atoms with Crippen molar-refractivity contribution in [2.75, 3.05) is 0 Å². The van der Waals surface area contributed by atoms with Crippen molar-refractivity contribution < 1.29 is 29.3 Å². The Morgan fingerprint density at radius 3 is 2.56 bits per heavy atom. The van der Waals surface area contributed by atoms with E-state index in [0.29, 0.717) is 19.3 Å². The molecular weight excluding hydrogens is 350 g/mol. The Labute approximate surface area is 162 Å². The molecule has 1 amide bonds. The zero-order valence-electron chi connectivity index (χ0n) is 17.5. The molecule has 0 unspecified atom stereocenters. The molecule has 0 bridgehead atoms. The maximum absolute atomic E-state index is 11.6. The number of nitrogens with one attached hydrogen (secondary N) is 1. The summed E-state index contributed by atoms with van der Waals surface area (Å²) in [5, 5.41) is 23.8. The quantitative estimate of drug-likeness (QED) is 0.494. The summed E-state index contributed by atoms with van der Waals surface area (Å²) < 4.78 is 12.0. The summed E-state index contributed by atoms with van der Waals surface area (Å²) in [6.07, 6.45) is 0.147. The third-order valence-corrected chi connectivity index (χ3v) is 5.63. The molecule has 7 heteroatoms. The van der Waals surface area contributed by atoms with Crippen LogP contribution in [0, 0.1) is 11.8 Å². The molecule has 7 nitrogen and oxygen atoms in total. The first kappa shape index (κ1) is 24.0. The first-order valence-electron chi connectivity index (χ1n) is 10.0. The van der Waals surface area contributed by atoms with Gasteiger partial charge in [-0.25, -0.2) is 0 Å². The average molecular weight is 388 g/mol. The van der Waals surface area contributed by atoms with Crippen LogP contribution in [-0.4, -0.2) is 58.7 Å². The molecule has 3 N–H and O–H groups in total. The van der Waals surface area contributed by atoms with Crippen LogP contribution in [0.5, 0.6) is 0 Å². The lowest BCUT2D eigenvalue weighted by Gasteiger charge is -2.46. The van der Waals surface area contributed by atoms with Crippen LogP contribution in [-0.2, 0) is 19.1 Å². The Balaban J connectivity index is 2.92. The largest absolute Gasteiger partial charge is 0.392 e. The van der Waals surface area contributed by atoms with Crippen molar-refractivity contribution in [3.05, 3.63) is 0 Å². The molecule has 0 aromatic rings. The fourth-order valence-electron chi connectivity index (χ4n) is 3.92. The van der Waals surface area contributed by atoms with Gasteiger partial charge < -0.3 is 29.8 Å². The number of aliphatic hydroxyl groups is 2. The fraction of sp³-hybridized carbons (Fsp3) is 0.900.